The van der Waals surface area contributed by atoms with Gasteiger partial charge in [-0.2, -0.15) is 0 Å². The largest absolute Gasteiger partial charge is 0.464 e. The number of hydrogen-bond acceptors (Lipinski definition) is 3. The van der Waals surface area contributed by atoms with Crippen molar-refractivity contribution in [2.75, 3.05) is 11.9 Å². The lowest BCUT2D eigenvalue weighted by molar-refractivity contribution is -0.145. The Bertz CT molecular complexity index is 582. The van der Waals surface area contributed by atoms with E-state index in [1.165, 1.54) is 5.56 Å². The fraction of sp³-hybridized carbons (Fsp3) is 0.438. The van der Waals surface area contributed by atoms with Gasteiger partial charge in [-0.15, -0.1) is 0 Å². The molecule has 0 bridgehead atoms. The van der Waals surface area contributed by atoms with Crippen LogP contribution in [0, 0.1) is 12.8 Å². The number of nitrogens with one attached hydrogen (secondary N) is 1. The van der Waals surface area contributed by atoms with Crippen LogP contribution in [0.15, 0.2) is 24.3 Å². The van der Waals surface area contributed by atoms with Gasteiger partial charge in [0.25, 0.3) is 0 Å². The minimum Gasteiger partial charge on any atom is -0.464 e. The van der Waals surface area contributed by atoms with Crippen LogP contribution in [-0.4, -0.2) is 18.6 Å². The summed E-state index contributed by atoms with van der Waals surface area (Å²) in [5.41, 5.74) is 3.21. The van der Waals surface area contributed by atoms with Crippen molar-refractivity contribution in [3.63, 3.8) is 0 Å². The first-order valence-electron chi connectivity index (χ1n) is 7.02. The molecule has 0 unspecified atom stereocenters. The Hall–Kier alpha value is -1.48. The van der Waals surface area contributed by atoms with Crippen LogP contribution in [0.5, 0.6) is 0 Å². The summed E-state index contributed by atoms with van der Waals surface area (Å²) in [5.74, 6) is 0.343. The number of halogens is 1. The first-order chi connectivity index (χ1) is 9.63. The van der Waals surface area contributed by atoms with Gasteiger partial charge < -0.3 is 10.1 Å². The molecule has 1 N–H and O–H groups in total. The third-order valence-electron chi connectivity index (χ3n) is 4.27. The molecule has 0 amide bonds. The molecule has 0 spiro atoms. The number of benzene rings is 1. The summed E-state index contributed by atoms with van der Waals surface area (Å²) >= 11 is 6.20. The number of esters is 1. The van der Waals surface area contributed by atoms with Crippen LogP contribution in [-0.2, 0) is 9.53 Å². The highest BCUT2D eigenvalue weighted by Gasteiger charge is 2.42. The van der Waals surface area contributed by atoms with Gasteiger partial charge in [-0.1, -0.05) is 29.8 Å². The molecule has 4 heteroatoms. The molecule has 1 aliphatic heterocycles. The van der Waals surface area contributed by atoms with Crippen LogP contribution >= 0.6 is 11.6 Å². The van der Waals surface area contributed by atoms with Crippen LogP contribution in [0.3, 0.4) is 0 Å². The van der Waals surface area contributed by atoms with Crippen molar-refractivity contribution in [2.45, 2.75) is 32.2 Å². The first kappa shape index (κ1) is 13.5. The van der Waals surface area contributed by atoms with Gasteiger partial charge in [-0.25, -0.2) is 4.79 Å². The number of allylic oxidation sites excluding steroid dienone is 2. The van der Waals surface area contributed by atoms with E-state index in [1.807, 2.05) is 19.9 Å². The van der Waals surface area contributed by atoms with Crippen molar-refractivity contribution in [3.05, 3.63) is 40.4 Å². The summed E-state index contributed by atoms with van der Waals surface area (Å²) in [7, 11) is 0. The van der Waals surface area contributed by atoms with Crippen LogP contribution in [0.25, 0.3) is 0 Å². The Balaban J connectivity index is 2.03. The van der Waals surface area contributed by atoms with Gasteiger partial charge in [0.05, 0.1) is 6.61 Å². The fourth-order valence-electron chi connectivity index (χ4n) is 3.25. The molecule has 106 valence electrons. The van der Waals surface area contributed by atoms with Crippen molar-refractivity contribution < 1.29 is 9.53 Å². The first-order valence-corrected chi connectivity index (χ1v) is 7.40. The summed E-state index contributed by atoms with van der Waals surface area (Å²) in [6.45, 7) is 4.22. The number of ether oxygens (including phenoxy) is 1. The maximum atomic E-state index is 12.2. The van der Waals surface area contributed by atoms with Gasteiger partial charge in [0.1, 0.15) is 6.04 Å². The van der Waals surface area contributed by atoms with Crippen molar-refractivity contribution in [2.24, 2.45) is 5.92 Å². The molecule has 2 aliphatic rings. The Morgan fingerprint density at radius 3 is 3.05 bits per heavy atom. The monoisotopic (exact) mass is 291 g/mol. The highest BCUT2D eigenvalue weighted by Crippen LogP contribution is 2.46. The van der Waals surface area contributed by atoms with Crippen LogP contribution in [0.2, 0.25) is 5.02 Å². The van der Waals surface area contributed by atoms with Gasteiger partial charge >= 0.3 is 5.97 Å². The van der Waals surface area contributed by atoms with E-state index in [-0.39, 0.29) is 23.8 Å². The van der Waals surface area contributed by atoms with Gasteiger partial charge in [-0.05, 0) is 37.5 Å². The normalized spacial score (nSPS) is 26.6. The molecule has 3 atom stereocenters. The minimum absolute atomic E-state index is 0.170. The second kappa shape index (κ2) is 5.13. The number of carbonyl (C=O) groups is 1. The molecule has 0 saturated heterocycles. The second-order valence-electron chi connectivity index (χ2n) is 5.36. The molecule has 1 aromatic carbocycles. The van der Waals surface area contributed by atoms with Gasteiger partial charge in [-0.3, -0.25) is 0 Å². The minimum atomic E-state index is -0.292. The molecule has 3 nitrogen and oxygen atoms in total. The number of rotatable bonds is 2. The van der Waals surface area contributed by atoms with E-state index in [1.54, 1.807) is 0 Å². The number of anilines is 1. The molecule has 1 aromatic rings. The van der Waals surface area contributed by atoms with Crippen molar-refractivity contribution >= 4 is 23.3 Å². The second-order valence-corrected chi connectivity index (χ2v) is 5.77. The Morgan fingerprint density at radius 2 is 2.30 bits per heavy atom. The van der Waals surface area contributed by atoms with Gasteiger partial charge in [0.15, 0.2) is 0 Å². The molecular formula is C16H18ClNO2. The lowest BCUT2D eigenvalue weighted by Crippen LogP contribution is -2.43. The lowest BCUT2D eigenvalue weighted by atomic mass is 9.78. The quantitative estimate of drug-likeness (QED) is 0.667. The maximum Gasteiger partial charge on any atom is 0.328 e. The van der Waals surface area contributed by atoms with E-state index in [9.17, 15) is 4.79 Å². The summed E-state index contributed by atoms with van der Waals surface area (Å²) in [4.78, 5) is 12.2. The predicted molar refractivity (Wildman–Crippen MR) is 80.2 cm³/mol. The average molecular weight is 292 g/mol. The summed E-state index contributed by atoms with van der Waals surface area (Å²) < 4.78 is 5.21. The van der Waals surface area contributed by atoms with E-state index in [0.717, 1.165) is 22.7 Å². The van der Waals surface area contributed by atoms with Crippen LogP contribution < -0.4 is 5.32 Å². The van der Waals surface area contributed by atoms with E-state index in [2.05, 4.69) is 23.5 Å². The van der Waals surface area contributed by atoms with Gasteiger partial charge in [0.2, 0.25) is 0 Å². The lowest BCUT2D eigenvalue weighted by Gasteiger charge is -2.36. The Morgan fingerprint density at radius 1 is 1.50 bits per heavy atom. The highest BCUT2D eigenvalue weighted by molar-refractivity contribution is 6.31. The fourth-order valence-corrected chi connectivity index (χ4v) is 3.41. The molecular weight excluding hydrogens is 274 g/mol. The summed E-state index contributed by atoms with van der Waals surface area (Å²) in [6.07, 6.45) is 5.26. The molecule has 0 radical (unpaired) electrons. The molecule has 1 heterocycles. The highest BCUT2D eigenvalue weighted by atomic mass is 35.5. The zero-order valence-electron chi connectivity index (χ0n) is 11.7. The van der Waals surface area contributed by atoms with Crippen LogP contribution in [0.1, 0.15) is 30.4 Å². The van der Waals surface area contributed by atoms with Crippen LogP contribution in [0.4, 0.5) is 5.69 Å². The smallest absolute Gasteiger partial charge is 0.328 e. The zero-order valence-corrected chi connectivity index (χ0v) is 12.4. The van der Waals surface area contributed by atoms with E-state index in [0.29, 0.717) is 6.61 Å². The van der Waals surface area contributed by atoms with E-state index < -0.39 is 0 Å². The molecule has 0 fully saturated rings. The van der Waals surface area contributed by atoms with E-state index in [4.69, 9.17) is 16.3 Å². The number of fused-ring (bicyclic) bond motifs is 3. The zero-order chi connectivity index (χ0) is 14.3. The third-order valence-corrected chi connectivity index (χ3v) is 4.68. The summed E-state index contributed by atoms with van der Waals surface area (Å²) in [6, 6.07) is 3.71. The molecule has 3 rings (SSSR count). The third kappa shape index (κ3) is 2.01. The standard InChI is InChI=1S/C16H18ClNO2/c1-3-20-16(19)15-11-6-4-5-10(11)12-7-8-13(17)9(2)14(12)18-15/h4-5,7-8,10-11,15,18H,3,6H2,1-2H3/t10-,11+,15-/m1/s1. The maximum absolute atomic E-state index is 12.2. The SMILES string of the molecule is CCOC(=O)[C@@H]1Nc2c(ccc(Cl)c2C)[C@@H]2C=CC[C@H]12. The number of carbonyl (C=O) groups excluding carboxylic acids is 1. The van der Waals surface area contributed by atoms with Gasteiger partial charge in [0, 0.05) is 22.5 Å². The summed E-state index contributed by atoms with van der Waals surface area (Å²) in [5, 5.41) is 4.08. The molecule has 1 aliphatic carbocycles. The molecule has 20 heavy (non-hydrogen) atoms. The van der Waals surface area contributed by atoms with Crippen molar-refractivity contribution in [1.29, 1.82) is 0 Å². The van der Waals surface area contributed by atoms with Crippen molar-refractivity contribution in [3.8, 4) is 0 Å². The van der Waals surface area contributed by atoms with Crippen molar-refractivity contribution in [1.82, 2.24) is 0 Å². The molecule has 0 saturated carbocycles. The molecule has 0 aromatic heterocycles. The Labute approximate surface area is 124 Å². The van der Waals surface area contributed by atoms with E-state index >= 15 is 0 Å². The topological polar surface area (TPSA) is 38.3 Å². The average Bonchev–Trinajstić information content (AvgIpc) is 2.91. The predicted octanol–water partition coefficient (Wildman–Crippen LogP) is 3.67. The number of hydrogen-bond donors (Lipinski definition) is 1. The Kier molecular flexibility index (Phi) is 3.47.